The van der Waals surface area contributed by atoms with Gasteiger partial charge < -0.3 is 9.64 Å². The highest BCUT2D eigenvalue weighted by molar-refractivity contribution is 5.90. The van der Waals surface area contributed by atoms with Crippen LogP contribution in [-0.4, -0.2) is 6.10 Å². The summed E-state index contributed by atoms with van der Waals surface area (Å²) in [4.78, 5) is 2.43. The molecule has 49 heavy (non-hydrogen) atoms. The predicted octanol–water partition coefficient (Wildman–Crippen LogP) is 12.2. The van der Waals surface area contributed by atoms with E-state index in [1.165, 1.54) is 62.3 Å². The van der Waals surface area contributed by atoms with Gasteiger partial charge in [0.15, 0.2) is 0 Å². The SMILES string of the molecule is Cc1cc(-c2ccccc2)ccc1N1c2ccc(-c3ccc(F)cc3)cc2C(C)(C)c2cc(-c3ccc4c(c3)C3C=CC=CC3O4)ccc21. The minimum atomic E-state index is -0.313. The minimum Gasteiger partial charge on any atom is -0.485 e. The Balaban J connectivity index is 1.20. The highest BCUT2D eigenvalue weighted by atomic mass is 19.1. The molecule has 0 fully saturated rings. The lowest BCUT2D eigenvalue weighted by Crippen LogP contribution is -2.31. The smallest absolute Gasteiger partial charge is 0.128 e. The standard InChI is InChI=1S/C46H36FNO/c1-29-25-32(30-9-5-4-6-10-30)15-21-41(29)48-42-22-16-34(31-13-19-36(47)20-14-31)27-39(42)46(2,3)40-28-35(17-23-43(40)48)33-18-24-45-38(26-33)37-11-7-8-12-44(37)49-45/h4-28,37,44H,1-3H3. The first-order valence-corrected chi connectivity index (χ1v) is 17.0. The van der Waals surface area contributed by atoms with Gasteiger partial charge in [-0.2, -0.15) is 0 Å². The van der Waals surface area contributed by atoms with E-state index < -0.39 is 0 Å². The molecule has 3 aliphatic rings. The van der Waals surface area contributed by atoms with Gasteiger partial charge in [0.25, 0.3) is 0 Å². The van der Waals surface area contributed by atoms with Crippen LogP contribution in [0.25, 0.3) is 33.4 Å². The van der Waals surface area contributed by atoms with E-state index in [1.807, 2.05) is 12.1 Å². The Morgan fingerprint density at radius 2 is 1.12 bits per heavy atom. The van der Waals surface area contributed by atoms with Crippen LogP contribution < -0.4 is 9.64 Å². The van der Waals surface area contributed by atoms with E-state index in [1.54, 1.807) is 0 Å². The van der Waals surface area contributed by atoms with Gasteiger partial charge in [-0.05, 0) is 124 Å². The van der Waals surface area contributed by atoms with Crippen molar-refractivity contribution in [2.24, 2.45) is 0 Å². The Labute approximate surface area is 287 Å². The number of rotatable bonds is 4. The summed E-state index contributed by atoms with van der Waals surface area (Å²) in [5, 5.41) is 0. The Morgan fingerprint density at radius 3 is 1.82 bits per heavy atom. The zero-order valence-electron chi connectivity index (χ0n) is 27.8. The van der Waals surface area contributed by atoms with Crippen molar-refractivity contribution in [2.45, 2.75) is 38.2 Å². The Kier molecular flexibility index (Phi) is 6.74. The first-order valence-electron chi connectivity index (χ1n) is 17.0. The van der Waals surface area contributed by atoms with Crippen LogP contribution in [0.15, 0.2) is 152 Å². The molecular weight excluding hydrogens is 602 g/mol. The highest BCUT2D eigenvalue weighted by Crippen LogP contribution is 2.54. The monoisotopic (exact) mass is 637 g/mol. The average molecular weight is 638 g/mol. The molecule has 6 aromatic carbocycles. The molecule has 0 amide bonds. The summed E-state index contributed by atoms with van der Waals surface area (Å²) in [7, 11) is 0. The van der Waals surface area contributed by atoms with Crippen molar-refractivity contribution >= 4 is 17.1 Å². The van der Waals surface area contributed by atoms with Crippen molar-refractivity contribution in [2.75, 3.05) is 4.90 Å². The molecule has 238 valence electrons. The minimum absolute atomic E-state index is 0.0644. The van der Waals surface area contributed by atoms with Gasteiger partial charge in [0.2, 0.25) is 0 Å². The maximum atomic E-state index is 13.9. The van der Waals surface area contributed by atoms with Gasteiger partial charge in [-0.1, -0.05) is 98.8 Å². The number of halogens is 1. The zero-order valence-corrected chi connectivity index (χ0v) is 27.8. The van der Waals surface area contributed by atoms with E-state index in [0.29, 0.717) is 0 Å². The summed E-state index contributed by atoms with van der Waals surface area (Å²) in [6, 6.07) is 44.4. The lowest BCUT2D eigenvalue weighted by Gasteiger charge is -2.43. The normalized spacial score (nSPS) is 17.9. The van der Waals surface area contributed by atoms with Gasteiger partial charge in [0.1, 0.15) is 17.7 Å². The summed E-state index contributed by atoms with van der Waals surface area (Å²) in [6.07, 6.45) is 8.65. The molecule has 0 spiro atoms. The maximum Gasteiger partial charge on any atom is 0.128 e. The molecule has 3 heteroatoms. The molecule has 2 heterocycles. The number of aryl methyl sites for hydroxylation is 1. The molecule has 2 unspecified atom stereocenters. The quantitative estimate of drug-likeness (QED) is 0.191. The molecule has 2 nitrogen and oxygen atoms in total. The van der Waals surface area contributed by atoms with E-state index in [9.17, 15) is 4.39 Å². The third-order valence-electron chi connectivity index (χ3n) is 10.6. The van der Waals surface area contributed by atoms with Gasteiger partial charge in [-0.15, -0.1) is 0 Å². The number of ether oxygens (including phenoxy) is 1. The summed E-state index contributed by atoms with van der Waals surface area (Å²) in [5.74, 6) is 0.980. The molecule has 2 atom stereocenters. The fourth-order valence-electron chi connectivity index (χ4n) is 7.94. The van der Waals surface area contributed by atoms with Crippen molar-refractivity contribution in [3.8, 4) is 39.1 Å². The first-order chi connectivity index (χ1) is 23.8. The van der Waals surface area contributed by atoms with Crippen LogP contribution in [0.2, 0.25) is 0 Å². The molecule has 0 saturated heterocycles. The lowest BCUT2D eigenvalue weighted by molar-refractivity contribution is 0.269. The zero-order chi connectivity index (χ0) is 33.3. The molecule has 9 rings (SSSR count). The number of hydrogen-bond acceptors (Lipinski definition) is 2. The second-order valence-corrected chi connectivity index (χ2v) is 13.9. The van der Waals surface area contributed by atoms with E-state index in [4.69, 9.17) is 4.74 Å². The third-order valence-corrected chi connectivity index (χ3v) is 10.6. The summed E-state index contributed by atoms with van der Waals surface area (Å²) >= 11 is 0. The highest BCUT2D eigenvalue weighted by Gasteiger charge is 2.38. The van der Waals surface area contributed by atoms with Crippen molar-refractivity contribution in [1.82, 2.24) is 0 Å². The second-order valence-electron chi connectivity index (χ2n) is 13.9. The number of nitrogens with zero attached hydrogens (tertiary/aromatic N) is 1. The molecule has 0 N–H and O–H groups in total. The number of hydrogen-bond donors (Lipinski definition) is 0. The van der Waals surface area contributed by atoms with E-state index in [-0.39, 0.29) is 23.3 Å². The maximum absolute atomic E-state index is 13.9. The van der Waals surface area contributed by atoms with Crippen LogP contribution >= 0.6 is 0 Å². The largest absolute Gasteiger partial charge is 0.485 e. The molecule has 0 aromatic heterocycles. The van der Waals surface area contributed by atoms with Crippen LogP contribution in [0.1, 0.15) is 42.0 Å². The van der Waals surface area contributed by atoms with E-state index >= 15 is 0 Å². The molecule has 0 saturated carbocycles. The lowest BCUT2D eigenvalue weighted by atomic mass is 9.72. The number of allylic oxidation sites excluding steroid dienone is 2. The van der Waals surface area contributed by atoms with E-state index in [2.05, 4.69) is 153 Å². The predicted molar refractivity (Wildman–Crippen MR) is 200 cm³/mol. The van der Waals surface area contributed by atoms with Crippen LogP contribution in [-0.2, 0) is 5.41 Å². The summed E-state index contributed by atoms with van der Waals surface area (Å²) < 4.78 is 20.2. The third kappa shape index (κ3) is 4.84. The van der Waals surface area contributed by atoms with Crippen LogP contribution in [0.5, 0.6) is 5.75 Å². The fraction of sp³-hybridized carbons (Fsp3) is 0.130. The Hall–Kier alpha value is -5.67. The van der Waals surface area contributed by atoms with Crippen LogP contribution in [0.4, 0.5) is 21.5 Å². The summed E-state index contributed by atoms with van der Waals surface area (Å²) in [6.45, 7) is 6.86. The number of benzene rings is 6. The molecule has 2 aliphatic heterocycles. The molecule has 1 aliphatic carbocycles. The summed E-state index contributed by atoms with van der Waals surface area (Å²) in [5.41, 5.74) is 15.0. The van der Waals surface area contributed by atoms with Gasteiger partial charge in [-0.25, -0.2) is 4.39 Å². The topological polar surface area (TPSA) is 12.5 Å². The molecule has 6 aromatic rings. The van der Waals surface area contributed by atoms with Crippen molar-refractivity contribution < 1.29 is 9.13 Å². The molecular formula is C46H36FNO. The first kappa shape index (κ1) is 29.5. The van der Waals surface area contributed by atoms with Crippen molar-refractivity contribution in [3.63, 3.8) is 0 Å². The van der Waals surface area contributed by atoms with Crippen LogP contribution in [0, 0.1) is 12.7 Å². The van der Waals surface area contributed by atoms with Gasteiger partial charge >= 0.3 is 0 Å². The van der Waals surface area contributed by atoms with Gasteiger partial charge in [-0.3, -0.25) is 0 Å². The van der Waals surface area contributed by atoms with Crippen molar-refractivity contribution in [3.05, 3.63) is 180 Å². The number of anilines is 3. The van der Waals surface area contributed by atoms with Gasteiger partial charge in [0.05, 0.1) is 11.4 Å². The van der Waals surface area contributed by atoms with Crippen molar-refractivity contribution in [1.29, 1.82) is 0 Å². The molecule has 0 bridgehead atoms. The second kappa shape index (κ2) is 11.2. The molecule has 0 radical (unpaired) electrons. The van der Waals surface area contributed by atoms with Crippen LogP contribution in [0.3, 0.4) is 0 Å². The Bertz CT molecular complexity index is 2320. The number of fused-ring (bicyclic) bond motifs is 5. The van der Waals surface area contributed by atoms with Gasteiger partial charge in [0, 0.05) is 22.6 Å². The average Bonchev–Trinajstić information content (AvgIpc) is 3.51. The van der Waals surface area contributed by atoms with E-state index in [0.717, 1.165) is 28.3 Å². The Morgan fingerprint density at radius 1 is 0.571 bits per heavy atom. The fourth-order valence-corrected chi connectivity index (χ4v) is 7.94.